The lowest BCUT2D eigenvalue weighted by molar-refractivity contribution is -0.129. The molecule has 0 aromatic rings. The minimum atomic E-state index is -0.651. The Morgan fingerprint density at radius 3 is 1.17 bits per heavy atom. The predicted molar refractivity (Wildman–Crippen MR) is 245 cm³/mol. The molecule has 0 aromatic heterocycles. The lowest BCUT2D eigenvalue weighted by Gasteiger charge is -2.20. The van der Waals surface area contributed by atoms with Crippen LogP contribution in [0.15, 0.2) is 0 Å². The highest BCUT2D eigenvalue weighted by molar-refractivity contribution is 5.87. The first-order chi connectivity index (χ1) is 28.1. The molecule has 0 radical (unpaired) electrons. The first kappa shape index (κ1) is 55.7. The van der Waals surface area contributed by atoms with Crippen LogP contribution in [0.2, 0.25) is 0 Å². The van der Waals surface area contributed by atoms with Crippen molar-refractivity contribution in [3.63, 3.8) is 0 Å². The number of hydrogen-bond acceptors (Lipinski definition) is 5. The van der Waals surface area contributed by atoms with E-state index < -0.39 is 17.7 Å². The van der Waals surface area contributed by atoms with Crippen molar-refractivity contribution >= 4 is 23.8 Å². The molecule has 9 nitrogen and oxygen atoms in total. The van der Waals surface area contributed by atoms with Crippen molar-refractivity contribution in [2.24, 2.45) is 0 Å². The van der Waals surface area contributed by atoms with E-state index in [0.29, 0.717) is 32.2 Å². The molecule has 0 bridgehead atoms. The largest absolute Gasteiger partial charge is 0.444 e. The van der Waals surface area contributed by atoms with Crippen LogP contribution in [0, 0.1) is 0 Å². The van der Waals surface area contributed by atoms with Crippen LogP contribution in [0.3, 0.4) is 0 Å². The monoisotopic (exact) mass is 821 g/mol. The Bertz CT molecular complexity index is 969. The number of alkyl carbamates (subject to hydrolysis) is 1. The number of nitrogens with one attached hydrogen (secondary N) is 4. The molecule has 1 atom stereocenters. The third-order valence-corrected chi connectivity index (χ3v) is 11.0. The lowest BCUT2D eigenvalue weighted by atomic mass is 10.0. The number of hydrogen-bond donors (Lipinski definition) is 4. The third-order valence-electron chi connectivity index (χ3n) is 11.0. The fourth-order valence-corrected chi connectivity index (χ4v) is 7.43. The normalized spacial score (nSPS) is 11.9. The van der Waals surface area contributed by atoms with Gasteiger partial charge < -0.3 is 26.0 Å². The summed E-state index contributed by atoms with van der Waals surface area (Å²) < 4.78 is 5.26. The van der Waals surface area contributed by atoms with Crippen molar-refractivity contribution in [2.75, 3.05) is 19.6 Å². The summed E-state index contributed by atoms with van der Waals surface area (Å²) in [5, 5.41) is 11.5. The van der Waals surface area contributed by atoms with E-state index in [9.17, 15) is 19.2 Å². The first-order valence-electron chi connectivity index (χ1n) is 24.9. The molecular weight excluding hydrogens is 725 g/mol. The van der Waals surface area contributed by atoms with Crippen molar-refractivity contribution in [3.8, 4) is 0 Å². The predicted octanol–water partition coefficient (Wildman–Crippen LogP) is 12.9. The summed E-state index contributed by atoms with van der Waals surface area (Å²) in [6.45, 7) is 11.0. The maximum atomic E-state index is 13.1. The molecule has 1 unspecified atom stereocenters. The van der Waals surface area contributed by atoms with Crippen LogP contribution in [-0.4, -0.2) is 55.1 Å². The first-order valence-corrected chi connectivity index (χ1v) is 24.9. The van der Waals surface area contributed by atoms with Crippen LogP contribution >= 0.6 is 0 Å². The Hall–Kier alpha value is -2.32. The van der Waals surface area contributed by atoms with E-state index in [4.69, 9.17) is 4.74 Å². The standard InChI is InChI=1S/C49H96N4O5/c1-6-8-10-12-14-16-18-20-22-24-26-28-30-32-34-39-45(54)50-41-37-36-38-44(47(56)51-42-43-52-48(57)58-49(3,4)5)53-46(55)40-35-33-31-29-27-25-23-21-19-17-15-13-11-9-7-2/h44H,6-43H2,1-5H3,(H,50,54)(H,51,56)(H,52,57)(H,53,55). The van der Waals surface area contributed by atoms with Gasteiger partial charge in [0.25, 0.3) is 0 Å². The second-order valence-corrected chi connectivity index (χ2v) is 18.1. The van der Waals surface area contributed by atoms with Gasteiger partial charge in [0.1, 0.15) is 11.6 Å². The topological polar surface area (TPSA) is 126 Å². The average Bonchev–Trinajstić information content (AvgIpc) is 3.18. The summed E-state index contributed by atoms with van der Waals surface area (Å²) in [6, 6.07) is -0.651. The Morgan fingerprint density at radius 1 is 0.414 bits per heavy atom. The highest BCUT2D eigenvalue weighted by atomic mass is 16.6. The number of amides is 4. The highest BCUT2D eigenvalue weighted by Crippen LogP contribution is 2.16. The van der Waals surface area contributed by atoms with Crippen LogP contribution in [-0.2, 0) is 19.1 Å². The van der Waals surface area contributed by atoms with E-state index in [1.807, 2.05) is 0 Å². The molecule has 0 rings (SSSR count). The van der Waals surface area contributed by atoms with Crippen molar-refractivity contribution < 1.29 is 23.9 Å². The number of carbonyl (C=O) groups is 4. The molecular formula is C49H96N4O5. The quantitative estimate of drug-likeness (QED) is 0.0456. The van der Waals surface area contributed by atoms with E-state index >= 15 is 0 Å². The molecule has 4 N–H and O–H groups in total. The highest BCUT2D eigenvalue weighted by Gasteiger charge is 2.21. The van der Waals surface area contributed by atoms with Crippen molar-refractivity contribution in [3.05, 3.63) is 0 Å². The van der Waals surface area contributed by atoms with Crippen LogP contribution in [0.25, 0.3) is 0 Å². The van der Waals surface area contributed by atoms with Gasteiger partial charge in [0.05, 0.1) is 0 Å². The molecule has 0 aromatic carbocycles. The fourth-order valence-electron chi connectivity index (χ4n) is 7.43. The Labute approximate surface area is 358 Å². The third kappa shape index (κ3) is 41.8. The summed E-state index contributed by atoms with van der Waals surface area (Å²) in [7, 11) is 0. The summed E-state index contributed by atoms with van der Waals surface area (Å²) in [6.07, 6.45) is 41.1. The van der Waals surface area contributed by atoms with Gasteiger partial charge in [-0.1, -0.05) is 194 Å². The number of carbonyl (C=O) groups excluding carboxylic acids is 4. The van der Waals surface area contributed by atoms with Crippen LogP contribution in [0.4, 0.5) is 4.79 Å². The molecule has 58 heavy (non-hydrogen) atoms. The maximum Gasteiger partial charge on any atom is 0.407 e. The summed E-state index contributed by atoms with van der Waals surface area (Å²) in [4.78, 5) is 50.4. The molecule has 0 aliphatic carbocycles. The SMILES string of the molecule is CCCCCCCCCCCCCCCCCC(=O)NCCCCC(NC(=O)CCCCCCCCCCCCCCCCC)C(=O)NCCNC(=O)OC(C)(C)C. The van der Waals surface area contributed by atoms with Crippen LogP contribution in [0.5, 0.6) is 0 Å². The zero-order valence-electron chi connectivity index (χ0n) is 39.0. The van der Waals surface area contributed by atoms with Crippen molar-refractivity contribution in [1.29, 1.82) is 0 Å². The number of ether oxygens (including phenoxy) is 1. The summed E-state index contributed by atoms with van der Waals surface area (Å²) >= 11 is 0. The molecule has 0 aliphatic heterocycles. The molecule has 0 aliphatic rings. The number of rotatable bonds is 42. The van der Waals surface area contributed by atoms with Gasteiger partial charge in [-0.3, -0.25) is 14.4 Å². The average molecular weight is 821 g/mol. The van der Waals surface area contributed by atoms with Crippen molar-refractivity contribution in [2.45, 2.75) is 271 Å². The molecule has 9 heteroatoms. The Kier molecular flexibility index (Phi) is 39.8. The van der Waals surface area contributed by atoms with Gasteiger partial charge >= 0.3 is 6.09 Å². The maximum absolute atomic E-state index is 13.1. The van der Waals surface area contributed by atoms with Crippen LogP contribution in [0.1, 0.15) is 259 Å². The minimum absolute atomic E-state index is 0.0956. The molecule has 0 fully saturated rings. The molecule has 4 amide bonds. The molecule has 342 valence electrons. The Morgan fingerprint density at radius 2 is 0.776 bits per heavy atom. The zero-order valence-corrected chi connectivity index (χ0v) is 39.0. The van der Waals surface area contributed by atoms with E-state index in [0.717, 1.165) is 38.5 Å². The number of unbranched alkanes of at least 4 members (excludes halogenated alkanes) is 29. The van der Waals surface area contributed by atoms with Gasteiger partial charge in [0.15, 0.2) is 0 Å². The van der Waals surface area contributed by atoms with Gasteiger partial charge in [-0.2, -0.15) is 0 Å². The molecule has 0 saturated heterocycles. The fraction of sp³-hybridized carbons (Fsp3) is 0.918. The Balaban J connectivity index is 4.25. The molecule has 0 heterocycles. The van der Waals surface area contributed by atoms with Crippen molar-refractivity contribution in [1.82, 2.24) is 21.3 Å². The second-order valence-electron chi connectivity index (χ2n) is 18.1. The van der Waals surface area contributed by atoms with Gasteiger partial charge in [-0.15, -0.1) is 0 Å². The van der Waals surface area contributed by atoms with E-state index in [1.54, 1.807) is 20.8 Å². The minimum Gasteiger partial charge on any atom is -0.444 e. The van der Waals surface area contributed by atoms with E-state index in [2.05, 4.69) is 35.1 Å². The lowest BCUT2D eigenvalue weighted by Crippen LogP contribution is -2.48. The smallest absolute Gasteiger partial charge is 0.407 e. The van der Waals surface area contributed by atoms with Gasteiger partial charge in [-0.25, -0.2) is 4.79 Å². The van der Waals surface area contributed by atoms with Gasteiger partial charge in [-0.05, 0) is 52.9 Å². The second kappa shape index (κ2) is 41.4. The van der Waals surface area contributed by atoms with E-state index in [-0.39, 0.29) is 30.8 Å². The summed E-state index contributed by atoms with van der Waals surface area (Å²) in [5.41, 5.74) is -0.597. The zero-order chi connectivity index (χ0) is 42.8. The molecule has 0 spiro atoms. The van der Waals surface area contributed by atoms with Gasteiger partial charge in [0, 0.05) is 32.5 Å². The molecule has 0 saturated carbocycles. The van der Waals surface area contributed by atoms with E-state index in [1.165, 1.54) is 161 Å². The van der Waals surface area contributed by atoms with Gasteiger partial charge in [0.2, 0.25) is 17.7 Å². The summed E-state index contributed by atoms with van der Waals surface area (Å²) in [5.74, 6) is -0.259. The van der Waals surface area contributed by atoms with Crippen LogP contribution < -0.4 is 21.3 Å².